The molecule has 0 amide bonds. The predicted molar refractivity (Wildman–Crippen MR) is 91.6 cm³/mol. The summed E-state index contributed by atoms with van der Waals surface area (Å²) >= 11 is 1.75. The zero-order valence-corrected chi connectivity index (χ0v) is 13.3. The molecule has 3 aromatic rings. The molecule has 110 valence electrons. The Hall–Kier alpha value is -2.27. The van der Waals surface area contributed by atoms with E-state index >= 15 is 0 Å². The SMILES string of the molecule is Cc1cnn(C2=NC(C)CC=C2)c1-c1cc2ccncc2s1. The van der Waals surface area contributed by atoms with Crippen LogP contribution in [-0.4, -0.2) is 26.6 Å². The normalized spacial score (nSPS) is 17.9. The molecule has 4 heterocycles. The maximum atomic E-state index is 4.73. The molecule has 0 N–H and O–H groups in total. The van der Waals surface area contributed by atoms with Gasteiger partial charge in [-0.05, 0) is 49.4 Å². The molecule has 0 fully saturated rings. The van der Waals surface area contributed by atoms with Gasteiger partial charge in [0.05, 0.1) is 27.5 Å². The van der Waals surface area contributed by atoms with Crippen molar-refractivity contribution in [2.75, 3.05) is 0 Å². The maximum absolute atomic E-state index is 4.73. The van der Waals surface area contributed by atoms with Gasteiger partial charge in [-0.15, -0.1) is 11.3 Å². The van der Waals surface area contributed by atoms with E-state index in [2.05, 4.69) is 42.1 Å². The van der Waals surface area contributed by atoms with Crippen LogP contribution in [0.5, 0.6) is 0 Å². The molecule has 0 bridgehead atoms. The number of aliphatic imine (C=N–C) groups is 1. The molecule has 0 spiro atoms. The summed E-state index contributed by atoms with van der Waals surface area (Å²) in [5.41, 5.74) is 2.28. The molecule has 0 radical (unpaired) electrons. The van der Waals surface area contributed by atoms with E-state index in [-0.39, 0.29) is 0 Å². The van der Waals surface area contributed by atoms with Gasteiger partial charge in [0.15, 0.2) is 0 Å². The van der Waals surface area contributed by atoms with Gasteiger partial charge in [0.2, 0.25) is 0 Å². The molecule has 3 aromatic heterocycles. The first-order chi connectivity index (χ1) is 10.7. The molecular weight excluding hydrogens is 292 g/mol. The van der Waals surface area contributed by atoms with Gasteiger partial charge in [-0.1, -0.05) is 6.08 Å². The molecule has 1 atom stereocenters. The molecule has 0 saturated heterocycles. The molecule has 0 saturated carbocycles. The van der Waals surface area contributed by atoms with E-state index in [9.17, 15) is 0 Å². The van der Waals surface area contributed by atoms with Crippen LogP contribution >= 0.6 is 11.3 Å². The smallest absolute Gasteiger partial charge is 0.149 e. The Kier molecular flexibility index (Phi) is 3.15. The van der Waals surface area contributed by atoms with Gasteiger partial charge in [-0.3, -0.25) is 9.98 Å². The minimum atomic E-state index is 0.309. The summed E-state index contributed by atoms with van der Waals surface area (Å²) in [5, 5.41) is 5.77. The third-order valence-corrected chi connectivity index (χ3v) is 4.91. The number of nitrogens with zero attached hydrogens (tertiary/aromatic N) is 4. The zero-order valence-electron chi connectivity index (χ0n) is 12.5. The molecule has 5 heteroatoms. The van der Waals surface area contributed by atoms with Crippen molar-refractivity contribution in [2.24, 2.45) is 4.99 Å². The van der Waals surface area contributed by atoms with Crippen LogP contribution in [0, 0.1) is 6.92 Å². The Labute approximate surface area is 132 Å². The lowest BCUT2D eigenvalue weighted by molar-refractivity contribution is 0.737. The predicted octanol–water partition coefficient (Wildman–Crippen LogP) is 4.06. The fourth-order valence-corrected chi connectivity index (χ4v) is 3.85. The van der Waals surface area contributed by atoms with Gasteiger partial charge in [0, 0.05) is 12.4 Å². The molecule has 1 unspecified atom stereocenters. The second-order valence-electron chi connectivity index (χ2n) is 5.59. The van der Waals surface area contributed by atoms with Crippen LogP contribution < -0.4 is 0 Å². The Balaban J connectivity index is 1.88. The first kappa shape index (κ1) is 13.4. The van der Waals surface area contributed by atoms with E-state index in [4.69, 9.17) is 4.99 Å². The third kappa shape index (κ3) is 2.18. The number of thiophene rings is 1. The van der Waals surface area contributed by atoms with Gasteiger partial charge in [-0.25, -0.2) is 4.68 Å². The van der Waals surface area contributed by atoms with Crippen LogP contribution in [0.1, 0.15) is 18.9 Å². The van der Waals surface area contributed by atoms with Crippen LogP contribution in [0.15, 0.2) is 47.9 Å². The average Bonchev–Trinajstić information content (AvgIpc) is 3.10. The van der Waals surface area contributed by atoms with E-state index in [1.54, 1.807) is 11.3 Å². The Morgan fingerprint density at radius 3 is 3.05 bits per heavy atom. The van der Waals surface area contributed by atoms with Gasteiger partial charge >= 0.3 is 0 Å². The van der Waals surface area contributed by atoms with Crippen LogP contribution in [0.25, 0.3) is 20.7 Å². The van der Waals surface area contributed by atoms with Gasteiger partial charge in [-0.2, -0.15) is 5.10 Å². The molecule has 4 rings (SSSR count). The molecule has 1 aliphatic heterocycles. The highest BCUT2D eigenvalue weighted by molar-refractivity contribution is 7.22. The van der Waals surface area contributed by atoms with Crippen molar-refractivity contribution in [2.45, 2.75) is 26.3 Å². The van der Waals surface area contributed by atoms with Gasteiger partial charge in [0.25, 0.3) is 0 Å². The molecule has 4 nitrogen and oxygen atoms in total. The number of hydrogen-bond acceptors (Lipinski definition) is 4. The highest BCUT2D eigenvalue weighted by Crippen LogP contribution is 2.34. The first-order valence-electron chi connectivity index (χ1n) is 7.35. The summed E-state index contributed by atoms with van der Waals surface area (Å²) in [6.45, 7) is 4.22. The fourth-order valence-electron chi connectivity index (χ4n) is 2.72. The second kappa shape index (κ2) is 5.18. The maximum Gasteiger partial charge on any atom is 0.149 e. The second-order valence-corrected chi connectivity index (χ2v) is 6.67. The summed E-state index contributed by atoms with van der Waals surface area (Å²) in [5.74, 6) is 0.914. The summed E-state index contributed by atoms with van der Waals surface area (Å²) < 4.78 is 3.15. The molecular formula is C17H16N4S. The van der Waals surface area contributed by atoms with Crippen molar-refractivity contribution < 1.29 is 0 Å². The van der Waals surface area contributed by atoms with Crippen LogP contribution in [-0.2, 0) is 0 Å². The first-order valence-corrected chi connectivity index (χ1v) is 8.17. The summed E-state index contributed by atoms with van der Waals surface area (Å²) in [7, 11) is 0. The molecule has 1 aliphatic rings. The van der Waals surface area contributed by atoms with Crippen LogP contribution in [0.2, 0.25) is 0 Å². The molecule has 0 aromatic carbocycles. The Morgan fingerprint density at radius 1 is 1.32 bits per heavy atom. The average molecular weight is 308 g/mol. The minimum absolute atomic E-state index is 0.309. The number of dihydropyridines is 1. The van der Waals surface area contributed by atoms with Gasteiger partial charge in [0.1, 0.15) is 5.84 Å². The minimum Gasteiger partial charge on any atom is -0.263 e. The lowest BCUT2D eigenvalue weighted by Gasteiger charge is -2.13. The van der Waals surface area contributed by atoms with E-state index in [0.717, 1.165) is 23.5 Å². The van der Waals surface area contributed by atoms with Gasteiger partial charge < -0.3 is 0 Å². The number of aryl methyl sites for hydroxylation is 1. The quantitative estimate of drug-likeness (QED) is 0.680. The highest BCUT2D eigenvalue weighted by Gasteiger charge is 2.17. The largest absolute Gasteiger partial charge is 0.263 e. The van der Waals surface area contributed by atoms with E-state index < -0.39 is 0 Å². The fraction of sp³-hybridized carbons (Fsp3) is 0.235. The number of pyridine rings is 1. The number of hydrogen-bond donors (Lipinski definition) is 0. The van der Waals surface area contributed by atoms with E-state index in [0.29, 0.717) is 6.04 Å². The van der Waals surface area contributed by atoms with Crippen molar-refractivity contribution in [1.82, 2.24) is 14.8 Å². The molecule has 0 aliphatic carbocycles. The Bertz CT molecular complexity index is 867. The lowest BCUT2D eigenvalue weighted by atomic mass is 10.2. The van der Waals surface area contributed by atoms with Crippen molar-refractivity contribution in [3.63, 3.8) is 0 Å². The van der Waals surface area contributed by atoms with Crippen molar-refractivity contribution in [3.05, 3.63) is 48.4 Å². The monoisotopic (exact) mass is 308 g/mol. The van der Waals surface area contributed by atoms with Crippen LogP contribution in [0.4, 0.5) is 0 Å². The van der Waals surface area contributed by atoms with Crippen LogP contribution in [0.3, 0.4) is 0 Å². The number of aromatic nitrogens is 3. The zero-order chi connectivity index (χ0) is 15.1. The Morgan fingerprint density at radius 2 is 2.23 bits per heavy atom. The van der Waals surface area contributed by atoms with Crippen molar-refractivity contribution in [1.29, 1.82) is 0 Å². The summed E-state index contributed by atoms with van der Waals surface area (Å²) in [6.07, 6.45) is 10.9. The topological polar surface area (TPSA) is 43.1 Å². The standard InChI is InChI=1S/C17H16N4S/c1-11-9-19-21(16-5-3-4-12(2)20-16)17(11)14-8-13-6-7-18-10-15(13)22-14/h3,5-10,12H,4H2,1-2H3. The highest BCUT2D eigenvalue weighted by atomic mass is 32.1. The number of rotatable bonds is 1. The van der Waals surface area contributed by atoms with E-state index in [1.807, 2.05) is 29.3 Å². The molecule has 22 heavy (non-hydrogen) atoms. The summed E-state index contributed by atoms with van der Waals surface area (Å²) in [4.78, 5) is 10.1. The van der Waals surface area contributed by atoms with Crippen molar-refractivity contribution in [3.8, 4) is 10.6 Å². The third-order valence-electron chi connectivity index (χ3n) is 3.82. The van der Waals surface area contributed by atoms with E-state index in [1.165, 1.54) is 15.0 Å². The lowest BCUT2D eigenvalue weighted by Crippen LogP contribution is -2.18. The number of allylic oxidation sites excluding steroid dienone is 1. The number of fused-ring (bicyclic) bond motifs is 1. The van der Waals surface area contributed by atoms with Crippen molar-refractivity contribution >= 4 is 27.3 Å². The summed E-state index contributed by atoms with van der Waals surface area (Å²) in [6, 6.07) is 4.56.